The minimum Gasteiger partial charge on any atom is -0.339 e. The summed E-state index contributed by atoms with van der Waals surface area (Å²) < 4.78 is 26.8. The fourth-order valence-electron chi connectivity index (χ4n) is 3.64. The molecule has 0 bridgehead atoms. The Kier molecular flexibility index (Phi) is 5.41. The SMILES string of the molecule is CC(C)N1CCC[C@H](N2CCN(S(=O)(=O)c3cccnc3)CC2)C1=O. The number of sulfonamides is 1. The Hall–Kier alpha value is -1.51. The second-order valence-electron chi connectivity index (χ2n) is 6.91. The van der Waals surface area contributed by atoms with Crippen LogP contribution in [0, 0.1) is 0 Å². The maximum Gasteiger partial charge on any atom is 0.244 e. The lowest BCUT2D eigenvalue weighted by atomic mass is 10.0. The lowest BCUT2D eigenvalue weighted by Gasteiger charge is -2.43. The third-order valence-electron chi connectivity index (χ3n) is 5.05. The fourth-order valence-corrected chi connectivity index (χ4v) is 5.02. The summed E-state index contributed by atoms with van der Waals surface area (Å²) in [7, 11) is -3.51. The summed E-state index contributed by atoms with van der Waals surface area (Å²) in [5, 5.41) is 0. The predicted octanol–water partition coefficient (Wildman–Crippen LogP) is 0.787. The van der Waals surface area contributed by atoms with Crippen LogP contribution in [0.25, 0.3) is 0 Å². The maximum absolute atomic E-state index is 12.7. The lowest BCUT2D eigenvalue weighted by Crippen LogP contribution is -2.59. The van der Waals surface area contributed by atoms with Crippen molar-refractivity contribution >= 4 is 15.9 Å². The Morgan fingerprint density at radius 3 is 2.48 bits per heavy atom. The van der Waals surface area contributed by atoms with E-state index >= 15 is 0 Å². The van der Waals surface area contributed by atoms with Crippen molar-refractivity contribution in [1.82, 2.24) is 19.1 Å². The van der Waals surface area contributed by atoms with Crippen molar-refractivity contribution in [1.29, 1.82) is 0 Å². The molecule has 0 saturated carbocycles. The van der Waals surface area contributed by atoms with Crippen LogP contribution in [0.15, 0.2) is 29.4 Å². The first-order valence-corrected chi connectivity index (χ1v) is 10.3. The number of likely N-dealkylation sites (tertiary alicyclic amines) is 1. The molecule has 0 unspecified atom stereocenters. The summed E-state index contributed by atoms with van der Waals surface area (Å²) in [4.78, 5) is 20.9. The average molecular weight is 366 g/mol. The highest BCUT2D eigenvalue weighted by atomic mass is 32.2. The van der Waals surface area contributed by atoms with Crippen LogP contribution in [0.1, 0.15) is 26.7 Å². The average Bonchev–Trinajstić information content (AvgIpc) is 2.62. The van der Waals surface area contributed by atoms with Gasteiger partial charge >= 0.3 is 0 Å². The number of nitrogens with zero attached hydrogens (tertiary/aromatic N) is 4. The molecule has 2 fully saturated rings. The normalized spacial score (nSPS) is 24.0. The predicted molar refractivity (Wildman–Crippen MR) is 94.4 cm³/mol. The Balaban J connectivity index is 1.65. The largest absolute Gasteiger partial charge is 0.339 e. The van der Waals surface area contributed by atoms with Crippen LogP contribution < -0.4 is 0 Å². The van der Waals surface area contributed by atoms with Crippen LogP contribution in [0.3, 0.4) is 0 Å². The molecule has 2 saturated heterocycles. The fraction of sp³-hybridized carbons (Fsp3) is 0.647. The van der Waals surface area contributed by atoms with E-state index in [-0.39, 0.29) is 22.9 Å². The number of amides is 1. The standard InChI is InChI=1S/C17H26N4O3S/c1-14(2)21-8-4-6-16(17(21)22)19-9-11-20(12-10-19)25(23,24)15-5-3-7-18-13-15/h3,5,7,13-14,16H,4,6,8-12H2,1-2H3/t16-/m0/s1. The molecule has 1 aromatic rings. The zero-order chi connectivity index (χ0) is 18.0. The highest BCUT2D eigenvalue weighted by molar-refractivity contribution is 7.89. The Morgan fingerprint density at radius 2 is 1.88 bits per heavy atom. The molecule has 1 amide bonds. The van der Waals surface area contributed by atoms with Crippen molar-refractivity contribution in [2.24, 2.45) is 0 Å². The summed E-state index contributed by atoms with van der Waals surface area (Å²) in [5.74, 6) is 0.185. The maximum atomic E-state index is 12.7. The number of carbonyl (C=O) groups excluding carboxylic acids is 1. The number of rotatable bonds is 4. The molecule has 2 aliphatic rings. The molecule has 8 heteroatoms. The summed E-state index contributed by atoms with van der Waals surface area (Å²) in [6.45, 7) is 6.88. The van der Waals surface area contributed by atoms with Crippen LogP contribution in [-0.4, -0.2) is 78.2 Å². The van der Waals surface area contributed by atoms with Crippen LogP contribution in [-0.2, 0) is 14.8 Å². The van der Waals surface area contributed by atoms with Gasteiger partial charge < -0.3 is 4.90 Å². The van der Waals surface area contributed by atoms with Gasteiger partial charge in [-0.15, -0.1) is 0 Å². The van der Waals surface area contributed by atoms with E-state index < -0.39 is 10.0 Å². The van der Waals surface area contributed by atoms with Gasteiger partial charge in [0.1, 0.15) is 4.90 Å². The van der Waals surface area contributed by atoms with Crippen LogP contribution in [0.2, 0.25) is 0 Å². The van der Waals surface area contributed by atoms with Gasteiger partial charge in [-0.2, -0.15) is 4.31 Å². The number of piperazine rings is 1. The minimum absolute atomic E-state index is 0.112. The van der Waals surface area contributed by atoms with Crippen LogP contribution in [0.5, 0.6) is 0 Å². The van der Waals surface area contributed by atoms with E-state index in [2.05, 4.69) is 9.88 Å². The zero-order valence-electron chi connectivity index (χ0n) is 14.8. The Morgan fingerprint density at radius 1 is 1.16 bits per heavy atom. The molecule has 0 aromatic carbocycles. The molecule has 0 radical (unpaired) electrons. The van der Waals surface area contributed by atoms with E-state index in [0.29, 0.717) is 26.2 Å². The summed E-state index contributed by atoms with van der Waals surface area (Å²) >= 11 is 0. The molecular formula is C17H26N4O3S. The van der Waals surface area contributed by atoms with Crippen molar-refractivity contribution in [3.63, 3.8) is 0 Å². The van der Waals surface area contributed by atoms with E-state index in [0.717, 1.165) is 19.4 Å². The first-order chi connectivity index (χ1) is 11.9. The van der Waals surface area contributed by atoms with E-state index in [1.807, 2.05) is 18.7 Å². The highest BCUT2D eigenvalue weighted by Crippen LogP contribution is 2.23. The lowest BCUT2D eigenvalue weighted by molar-refractivity contribution is -0.142. The monoisotopic (exact) mass is 366 g/mol. The second kappa shape index (κ2) is 7.39. The number of carbonyl (C=O) groups is 1. The van der Waals surface area contributed by atoms with Gasteiger partial charge in [-0.3, -0.25) is 14.7 Å². The number of hydrogen-bond acceptors (Lipinski definition) is 5. The minimum atomic E-state index is -3.51. The van der Waals surface area contributed by atoms with Gasteiger partial charge in [-0.1, -0.05) is 0 Å². The second-order valence-corrected chi connectivity index (χ2v) is 8.85. The highest BCUT2D eigenvalue weighted by Gasteiger charge is 2.37. The van der Waals surface area contributed by atoms with E-state index in [1.165, 1.54) is 10.5 Å². The molecule has 1 aromatic heterocycles. The van der Waals surface area contributed by atoms with Gasteiger partial charge in [-0.05, 0) is 38.8 Å². The van der Waals surface area contributed by atoms with E-state index in [9.17, 15) is 13.2 Å². The molecule has 138 valence electrons. The molecule has 0 aliphatic carbocycles. The number of aromatic nitrogens is 1. The van der Waals surface area contributed by atoms with Crippen LogP contribution in [0.4, 0.5) is 0 Å². The Bertz CT molecular complexity index is 700. The van der Waals surface area contributed by atoms with E-state index in [4.69, 9.17) is 0 Å². The van der Waals surface area contributed by atoms with Crippen LogP contribution >= 0.6 is 0 Å². The first-order valence-electron chi connectivity index (χ1n) is 8.86. The third-order valence-corrected chi connectivity index (χ3v) is 6.94. The molecule has 7 nitrogen and oxygen atoms in total. The molecule has 3 heterocycles. The first kappa shape index (κ1) is 18.3. The van der Waals surface area contributed by atoms with Crippen molar-refractivity contribution < 1.29 is 13.2 Å². The van der Waals surface area contributed by atoms with Gasteiger partial charge in [0.15, 0.2) is 0 Å². The van der Waals surface area contributed by atoms with Crippen molar-refractivity contribution in [2.75, 3.05) is 32.7 Å². The molecule has 1 atom stereocenters. The van der Waals surface area contributed by atoms with Crippen molar-refractivity contribution in [2.45, 2.75) is 43.7 Å². The molecule has 2 aliphatic heterocycles. The molecule has 0 N–H and O–H groups in total. The molecular weight excluding hydrogens is 340 g/mol. The van der Waals surface area contributed by atoms with Crippen molar-refractivity contribution in [3.05, 3.63) is 24.5 Å². The van der Waals surface area contributed by atoms with E-state index in [1.54, 1.807) is 18.3 Å². The Labute approximate surface area is 149 Å². The summed E-state index contributed by atoms with van der Waals surface area (Å²) in [6.07, 6.45) is 4.80. The third kappa shape index (κ3) is 3.70. The zero-order valence-corrected chi connectivity index (χ0v) is 15.7. The van der Waals surface area contributed by atoms with Gasteiger partial charge in [-0.25, -0.2) is 8.42 Å². The molecule has 3 rings (SSSR count). The molecule has 25 heavy (non-hydrogen) atoms. The van der Waals surface area contributed by atoms with Gasteiger partial charge in [0.05, 0.1) is 6.04 Å². The van der Waals surface area contributed by atoms with Gasteiger partial charge in [0.25, 0.3) is 0 Å². The van der Waals surface area contributed by atoms with Gasteiger partial charge in [0, 0.05) is 51.2 Å². The van der Waals surface area contributed by atoms with Crippen molar-refractivity contribution in [3.8, 4) is 0 Å². The number of hydrogen-bond donors (Lipinski definition) is 0. The number of piperidine rings is 1. The quantitative estimate of drug-likeness (QED) is 0.788. The summed E-state index contributed by atoms with van der Waals surface area (Å²) in [5.41, 5.74) is 0. The topological polar surface area (TPSA) is 73.8 Å². The smallest absolute Gasteiger partial charge is 0.244 e. The molecule has 0 spiro atoms. The summed E-state index contributed by atoms with van der Waals surface area (Å²) in [6, 6.07) is 3.30. The van der Waals surface area contributed by atoms with Gasteiger partial charge in [0.2, 0.25) is 15.9 Å². The number of pyridine rings is 1.